The van der Waals surface area contributed by atoms with Gasteiger partial charge in [0, 0.05) is 17.8 Å². The largest absolute Gasteiger partial charge is 0.486 e. The van der Waals surface area contributed by atoms with Gasteiger partial charge in [-0.05, 0) is 81.5 Å². The van der Waals surface area contributed by atoms with Crippen LogP contribution in [0.4, 0.5) is 11.4 Å². The molecule has 3 aromatic rings. The van der Waals surface area contributed by atoms with Crippen LogP contribution in [0.1, 0.15) is 23.6 Å². The molecule has 35 heavy (non-hydrogen) atoms. The van der Waals surface area contributed by atoms with Gasteiger partial charge in [-0.2, -0.15) is 0 Å². The average Bonchev–Trinajstić information content (AvgIpc) is 3.17. The molecule has 0 bridgehead atoms. The molecule has 0 aliphatic carbocycles. The van der Waals surface area contributed by atoms with Gasteiger partial charge in [-0.3, -0.25) is 14.9 Å². The third-order valence-corrected chi connectivity index (χ3v) is 7.14. The Labute approximate surface area is 220 Å². The quantitative estimate of drug-likeness (QED) is 0.176. The molecule has 0 unspecified atom stereocenters. The summed E-state index contributed by atoms with van der Waals surface area (Å²) >= 11 is 11.3. The highest BCUT2D eigenvalue weighted by atomic mass is 79.9. The number of rotatable bonds is 8. The molecule has 10 heteroatoms. The van der Waals surface area contributed by atoms with Gasteiger partial charge in [0.25, 0.3) is 11.6 Å². The lowest BCUT2D eigenvalue weighted by molar-refractivity contribution is -0.384. The average molecular weight is 575 g/mol. The van der Waals surface area contributed by atoms with Crippen molar-refractivity contribution in [2.75, 3.05) is 5.32 Å². The Bertz CT molecular complexity index is 1260. The molecular weight excluding hydrogens is 554 g/mol. The van der Waals surface area contributed by atoms with Crippen molar-refractivity contribution in [3.05, 3.63) is 102 Å². The minimum atomic E-state index is -0.448. The minimum absolute atomic E-state index is 0.0195. The van der Waals surface area contributed by atoms with Crippen molar-refractivity contribution in [3.63, 3.8) is 0 Å². The number of carbonyl (C=O) groups excluding carboxylic acids is 1. The van der Waals surface area contributed by atoms with E-state index in [1.807, 2.05) is 18.2 Å². The lowest BCUT2D eigenvalue weighted by atomic mass is 10.1. The van der Waals surface area contributed by atoms with Gasteiger partial charge in [-0.15, -0.1) is 0 Å². The molecule has 2 N–H and O–H groups in total. The molecule has 1 fully saturated rings. The number of thioether (sulfide) groups is 1. The van der Waals surface area contributed by atoms with E-state index in [1.54, 1.807) is 24.3 Å². The summed E-state index contributed by atoms with van der Waals surface area (Å²) in [6.07, 6.45) is 2.75. The molecule has 1 amide bonds. The van der Waals surface area contributed by atoms with Crippen molar-refractivity contribution >= 4 is 62.7 Å². The molecule has 7 nitrogen and oxygen atoms in total. The number of amides is 1. The molecule has 180 valence electrons. The van der Waals surface area contributed by atoms with Crippen LogP contribution in [0, 0.1) is 10.1 Å². The molecule has 0 saturated carbocycles. The number of aryl methyl sites for hydroxylation is 1. The molecule has 4 rings (SSSR count). The van der Waals surface area contributed by atoms with E-state index in [1.165, 1.54) is 29.5 Å². The first-order valence-electron chi connectivity index (χ1n) is 10.7. The first-order valence-corrected chi connectivity index (χ1v) is 12.8. The zero-order chi connectivity index (χ0) is 24.9. The van der Waals surface area contributed by atoms with Gasteiger partial charge in [-0.1, -0.05) is 42.4 Å². The maximum Gasteiger partial charge on any atom is 0.269 e. The van der Waals surface area contributed by atoms with E-state index in [0.29, 0.717) is 20.2 Å². The first kappa shape index (κ1) is 25.1. The van der Waals surface area contributed by atoms with Gasteiger partial charge in [-0.25, -0.2) is 0 Å². The van der Waals surface area contributed by atoms with Crippen LogP contribution in [-0.4, -0.2) is 16.3 Å². The van der Waals surface area contributed by atoms with E-state index in [0.717, 1.165) is 23.2 Å². The topological polar surface area (TPSA) is 93.5 Å². The Morgan fingerprint density at radius 2 is 1.86 bits per heavy atom. The van der Waals surface area contributed by atoms with E-state index in [-0.39, 0.29) is 23.7 Å². The zero-order valence-corrected chi connectivity index (χ0v) is 21.7. The fourth-order valence-corrected chi connectivity index (χ4v) is 5.35. The number of hydrogen-bond donors (Lipinski definition) is 2. The number of non-ortho nitro benzene ring substituents is 1. The van der Waals surface area contributed by atoms with Crippen molar-refractivity contribution in [2.45, 2.75) is 25.4 Å². The number of benzene rings is 3. The van der Waals surface area contributed by atoms with Crippen molar-refractivity contribution < 1.29 is 14.5 Å². The third kappa shape index (κ3) is 6.36. The Morgan fingerprint density at radius 1 is 1.17 bits per heavy atom. The summed E-state index contributed by atoms with van der Waals surface area (Å²) in [6, 6.07) is 17.8. The maximum atomic E-state index is 12.5. The van der Waals surface area contributed by atoms with Gasteiger partial charge in [0.1, 0.15) is 6.61 Å². The Balaban J connectivity index is 1.42. The summed E-state index contributed by atoms with van der Waals surface area (Å²) in [4.78, 5) is 23.4. The van der Waals surface area contributed by atoms with E-state index in [2.05, 4.69) is 45.6 Å². The van der Waals surface area contributed by atoms with Crippen LogP contribution < -0.4 is 15.4 Å². The van der Waals surface area contributed by atoms with Crippen LogP contribution in [0.5, 0.6) is 5.75 Å². The number of hydrogen-bond acceptors (Lipinski definition) is 6. The van der Waals surface area contributed by atoms with Crippen LogP contribution in [0.3, 0.4) is 0 Å². The van der Waals surface area contributed by atoms with Gasteiger partial charge in [0.2, 0.25) is 0 Å². The highest BCUT2D eigenvalue weighted by Crippen LogP contribution is 2.37. The van der Waals surface area contributed by atoms with Crippen LogP contribution in [0.2, 0.25) is 5.02 Å². The number of anilines is 1. The summed E-state index contributed by atoms with van der Waals surface area (Å²) < 4.78 is 6.47. The summed E-state index contributed by atoms with van der Waals surface area (Å²) in [5.41, 5.74) is 3.45. The van der Waals surface area contributed by atoms with E-state index < -0.39 is 4.92 Å². The van der Waals surface area contributed by atoms with Crippen LogP contribution in [0.25, 0.3) is 6.08 Å². The molecule has 0 radical (unpaired) electrons. The highest BCUT2D eigenvalue weighted by Gasteiger charge is 2.27. The first-order chi connectivity index (χ1) is 16.8. The zero-order valence-electron chi connectivity index (χ0n) is 18.6. The molecule has 0 spiro atoms. The second-order valence-electron chi connectivity index (χ2n) is 7.70. The van der Waals surface area contributed by atoms with Crippen LogP contribution in [-0.2, 0) is 17.8 Å². The fourth-order valence-electron chi connectivity index (χ4n) is 3.37. The second kappa shape index (κ2) is 11.2. The third-order valence-electron chi connectivity index (χ3n) is 5.24. The van der Waals surface area contributed by atoms with E-state index in [9.17, 15) is 14.9 Å². The van der Waals surface area contributed by atoms with Gasteiger partial charge in [0.05, 0.1) is 19.3 Å². The number of carbonyl (C=O) groups is 1. The van der Waals surface area contributed by atoms with Gasteiger partial charge >= 0.3 is 0 Å². The summed E-state index contributed by atoms with van der Waals surface area (Å²) in [6.45, 7) is 2.30. The fraction of sp³-hybridized carbons (Fsp3) is 0.160. The summed E-state index contributed by atoms with van der Waals surface area (Å²) in [7, 11) is 0. The Morgan fingerprint density at radius 3 is 2.49 bits per heavy atom. The lowest BCUT2D eigenvalue weighted by Crippen LogP contribution is -2.30. The number of nitrogens with zero attached hydrogens (tertiary/aromatic N) is 1. The predicted molar refractivity (Wildman–Crippen MR) is 144 cm³/mol. The Kier molecular flexibility index (Phi) is 8.00. The molecule has 1 atom stereocenters. The minimum Gasteiger partial charge on any atom is -0.486 e. The lowest BCUT2D eigenvalue weighted by Gasteiger charge is -2.13. The van der Waals surface area contributed by atoms with Crippen molar-refractivity contribution in [1.82, 2.24) is 5.32 Å². The van der Waals surface area contributed by atoms with Crippen LogP contribution >= 0.6 is 39.3 Å². The molecule has 1 saturated heterocycles. The maximum absolute atomic E-state index is 12.5. The standard InChI is InChI=1S/C25H21BrClN3O4S/c1-2-15-3-7-18(8-4-15)28-25-29-24(31)22(35-25)13-17-11-20(26)23(21(27)12-17)34-14-16-5-9-19(10-6-16)30(32)33/h3-13,25,28H,2,14H2,1H3,(H,29,31)/b22-13-/t25-/m1/s1. The monoisotopic (exact) mass is 573 g/mol. The molecule has 1 aliphatic heterocycles. The number of halogens is 2. The van der Waals surface area contributed by atoms with Gasteiger partial charge < -0.3 is 15.4 Å². The number of nitro benzene ring substituents is 1. The summed E-state index contributed by atoms with van der Waals surface area (Å²) in [5.74, 6) is 0.286. The van der Waals surface area contributed by atoms with Crippen molar-refractivity contribution in [2.24, 2.45) is 0 Å². The van der Waals surface area contributed by atoms with E-state index >= 15 is 0 Å². The van der Waals surface area contributed by atoms with Crippen molar-refractivity contribution in [3.8, 4) is 5.75 Å². The molecule has 0 aromatic heterocycles. The smallest absolute Gasteiger partial charge is 0.269 e. The van der Waals surface area contributed by atoms with Gasteiger partial charge in [0.15, 0.2) is 11.2 Å². The van der Waals surface area contributed by atoms with Crippen molar-refractivity contribution in [1.29, 1.82) is 0 Å². The SMILES string of the molecule is CCc1ccc(N[C@@H]2NC(=O)/C(=C/c3cc(Cl)c(OCc4ccc([N+](=O)[O-])cc4)c(Br)c3)S2)cc1. The molecular formula is C25H21BrClN3O4S. The molecule has 1 aliphatic rings. The van der Waals surface area contributed by atoms with Crippen LogP contribution in [0.15, 0.2) is 70.0 Å². The predicted octanol–water partition coefficient (Wildman–Crippen LogP) is 6.75. The molecule has 3 aromatic carbocycles. The number of ether oxygens (including phenoxy) is 1. The number of nitrogens with one attached hydrogen (secondary N) is 2. The summed E-state index contributed by atoms with van der Waals surface area (Å²) in [5, 5.41) is 17.4. The van der Waals surface area contributed by atoms with E-state index in [4.69, 9.17) is 16.3 Å². The highest BCUT2D eigenvalue weighted by molar-refractivity contribution is 9.10. The Hall–Kier alpha value is -3.01. The second-order valence-corrected chi connectivity index (χ2v) is 10.1. The number of nitro groups is 1. The normalized spacial score (nSPS) is 16.3. The molecule has 1 heterocycles.